The van der Waals surface area contributed by atoms with Crippen LogP contribution < -0.4 is 9.62 Å². The van der Waals surface area contributed by atoms with Gasteiger partial charge in [0.2, 0.25) is 0 Å². The summed E-state index contributed by atoms with van der Waals surface area (Å²) in [7, 11) is -3.66. The van der Waals surface area contributed by atoms with Crippen LogP contribution in [-0.4, -0.2) is 20.9 Å². The van der Waals surface area contributed by atoms with E-state index in [1.165, 1.54) is 16.4 Å². The summed E-state index contributed by atoms with van der Waals surface area (Å²) >= 11 is 0. The van der Waals surface area contributed by atoms with Gasteiger partial charge < -0.3 is 5.32 Å². The maximum absolute atomic E-state index is 13.1. The van der Waals surface area contributed by atoms with Crippen molar-refractivity contribution in [3.05, 3.63) is 94.8 Å². The second-order valence-electron chi connectivity index (χ2n) is 7.73. The largest absolute Gasteiger partial charge is 0.346 e. The van der Waals surface area contributed by atoms with Crippen molar-refractivity contribution in [3.63, 3.8) is 0 Å². The Morgan fingerprint density at radius 1 is 1.03 bits per heavy atom. The zero-order valence-electron chi connectivity index (χ0n) is 17.3. The molecule has 1 aliphatic heterocycles. The second-order valence-corrected chi connectivity index (χ2v) is 9.59. The maximum atomic E-state index is 13.1. The van der Waals surface area contributed by atoms with E-state index >= 15 is 0 Å². The highest BCUT2D eigenvalue weighted by molar-refractivity contribution is 7.92. The first-order chi connectivity index (χ1) is 14.8. The van der Waals surface area contributed by atoms with Crippen molar-refractivity contribution >= 4 is 21.6 Å². The Morgan fingerprint density at radius 2 is 1.71 bits per heavy atom. The lowest BCUT2D eigenvalue weighted by atomic mass is 10.1. The van der Waals surface area contributed by atoms with Crippen LogP contribution in [0.2, 0.25) is 0 Å². The monoisotopic (exact) mass is 438 g/mol. The molecular formula is C24H23FN2O3S. The minimum atomic E-state index is -3.66. The molecule has 1 N–H and O–H groups in total. The number of rotatable bonds is 5. The Labute approximate surface area is 181 Å². The van der Waals surface area contributed by atoms with E-state index in [2.05, 4.69) is 5.32 Å². The van der Waals surface area contributed by atoms with Crippen molar-refractivity contribution < 1.29 is 17.6 Å². The smallest absolute Gasteiger partial charge is 0.264 e. The quantitative estimate of drug-likeness (QED) is 0.643. The number of carbonyl (C=O) groups is 1. The fourth-order valence-electron chi connectivity index (χ4n) is 3.71. The number of hydrogen-bond acceptors (Lipinski definition) is 3. The molecule has 3 aromatic carbocycles. The number of anilines is 1. The first-order valence-corrected chi connectivity index (χ1v) is 11.5. The van der Waals surface area contributed by atoms with Gasteiger partial charge in [0.1, 0.15) is 5.82 Å². The first kappa shape index (κ1) is 21.1. The molecule has 0 radical (unpaired) electrons. The van der Waals surface area contributed by atoms with Crippen LogP contribution in [-0.2, 0) is 16.4 Å². The molecule has 3 aromatic rings. The van der Waals surface area contributed by atoms with Gasteiger partial charge in [0.15, 0.2) is 0 Å². The fraction of sp³-hybridized carbons (Fsp3) is 0.208. The van der Waals surface area contributed by atoms with Gasteiger partial charge in [0.25, 0.3) is 15.9 Å². The zero-order valence-corrected chi connectivity index (χ0v) is 18.1. The predicted octanol–water partition coefficient (Wildman–Crippen LogP) is 4.38. The first-order valence-electron chi connectivity index (χ1n) is 10.0. The van der Waals surface area contributed by atoms with Gasteiger partial charge in [-0.15, -0.1) is 0 Å². The van der Waals surface area contributed by atoms with Crippen LogP contribution in [0, 0.1) is 12.7 Å². The van der Waals surface area contributed by atoms with E-state index in [0.717, 1.165) is 16.7 Å². The van der Waals surface area contributed by atoms with Crippen LogP contribution in [0.1, 0.15) is 40.0 Å². The molecule has 160 valence electrons. The van der Waals surface area contributed by atoms with E-state index in [4.69, 9.17) is 0 Å². The van der Waals surface area contributed by atoms with Crippen molar-refractivity contribution in [3.8, 4) is 0 Å². The Bertz CT molecular complexity index is 1220. The van der Waals surface area contributed by atoms with Crippen molar-refractivity contribution in [2.24, 2.45) is 0 Å². The number of nitrogens with one attached hydrogen (secondary N) is 1. The minimum Gasteiger partial charge on any atom is -0.346 e. The van der Waals surface area contributed by atoms with Crippen molar-refractivity contribution in [2.45, 2.75) is 31.2 Å². The summed E-state index contributed by atoms with van der Waals surface area (Å²) < 4.78 is 40.7. The molecule has 7 heteroatoms. The summed E-state index contributed by atoms with van der Waals surface area (Å²) in [6.45, 7) is 4.07. The molecule has 0 unspecified atom stereocenters. The fourth-order valence-corrected chi connectivity index (χ4v) is 5.22. The van der Waals surface area contributed by atoms with E-state index < -0.39 is 10.0 Å². The van der Waals surface area contributed by atoms with Gasteiger partial charge in [-0.05, 0) is 73.9 Å². The third kappa shape index (κ3) is 4.18. The molecule has 0 fully saturated rings. The molecule has 5 nitrogen and oxygen atoms in total. The van der Waals surface area contributed by atoms with Crippen LogP contribution in [0.15, 0.2) is 71.6 Å². The van der Waals surface area contributed by atoms with E-state index in [-0.39, 0.29) is 22.7 Å². The Balaban J connectivity index is 1.53. The Kier molecular flexibility index (Phi) is 5.54. The van der Waals surface area contributed by atoms with Gasteiger partial charge in [-0.25, -0.2) is 12.8 Å². The van der Waals surface area contributed by atoms with E-state index in [0.29, 0.717) is 24.2 Å². The molecule has 0 spiro atoms. The standard InChI is InChI=1S/C24H23FN2O3S/c1-16-3-10-22(11-4-16)31(29,30)27-14-13-19-15-20(7-12-23(19)27)24(28)26-17(2)18-5-8-21(25)9-6-18/h3-12,15,17H,13-14H2,1-2H3,(H,26,28)/t17-/m1/s1. The van der Waals surface area contributed by atoms with E-state index in [1.54, 1.807) is 54.6 Å². The number of fused-ring (bicyclic) bond motifs is 1. The number of aryl methyl sites for hydroxylation is 1. The van der Waals surface area contributed by atoms with Crippen LogP contribution in [0.25, 0.3) is 0 Å². The van der Waals surface area contributed by atoms with E-state index in [9.17, 15) is 17.6 Å². The highest BCUT2D eigenvalue weighted by Crippen LogP contribution is 2.33. The number of nitrogens with zero attached hydrogens (tertiary/aromatic N) is 1. The predicted molar refractivity (Wildman–Crippen MR) is 118 cm³/mol. The number of hydrogen-bond donors (Lipinski definition) is 1. The number of sulfonamides is 1. The molecule has 0 saturated heterocycles. The number of carbonyl (C=O) groups excluding carboxylic acids is 1. The molecule has 31 heavy (non-hydrogen) atoms. The van der Waals surface area contributed by atoms with Crippen LogP contribution in [0.3, 0.4) is 0 Å². The second kappa shape index (κ2) is 8.15. The lowest BCUT2D eigenvalue weighted by Gasteiger charge is -2.20. The third-order valence-corrected chi connectivity index (χ3v) is 7.35. The van der Waals surface area contributed by atoms with Gasteiger partial charge >= 0.3 is 0 Å². The number of amides is 1. The van der Waals surface area contributed by atoms with Crippen LogP contribution >= 0.6 is 0 Å². The maximum Gasteiger partial charge on any atom is 0.264 e. The minimum absolute atomic E-state index is 0.251. The summed E-state index contributed by atoms with van der Waals surface area (Å²) in [6.07, 6.45) is 0.537. The zero-order chi connectivity index (χ0) is 22.2. The van der Waals surface area contributed by atoms with Gasteiger partial charge in [0.05, 0.1) is 16.6 Å². The molecule has 1 atom stereocenters. The molecule has 4 rings (SSSR count). The topological polar surface area (TPSA) is 66.5 Å². The summed E-state index contributed by atoms with van der Waals surface area (Å²) in [5.41, 5.74) is 3.67. The van der Waals surface area contributed by atoms with Crippen molar-refractivity contribution in [2.75, 3.05) is 10.8 Å². The molecule has 1 heterocycles. The molecule has 0 bridgehead atoms. The van der Waals surface area contributed by atoms with Crippen LogP contribution in [0.4, 0.5) is 10.1 Å². The highest BCUT2D eigenvalue weighted by Gasteiger charge is 2.31. The molecule has 1 amide bonds. The average Bonchev–Trinajstić information content (AvgIpc) is 3.18. The summed E-state index contributed by atoms with van der Waals surface area (Å²) in [5, 5.41) is 2.90. The van der Waals surface area contributed by atoms with Gasteiger partial charge in [0, 0.05) is 12.1 Å². The van der Waals surface area contributed by atoms with Crippen molar-refractivity contribution in [1.82, 2.24) is 5.32 Å². The Morgan fingerprint density at radius 3 is 2.39 bits per heavy atom. The van der Waals surface area contributed by atoms with Crippen molar-refractivity contribution in [1.29, 1.82) is 0 Å². The summed E-state index contributed by atoms with van der Waals surface area (Å²) in [4.78, 5) is 13.0. The van der Waals surface area contributed by atoms with Gasteiger partial charge in [-0.1, -0.05) is 29.8 Å². The highest BCUT2D eigenvalue weighted by atomic mass is 32.2. The van der Waals surface area contributed by atoms with Gasteiger partial charge in [-0.3, -0.25) is 9.10 Å². The SMILES string of the molecule is Cc1ccc(S(=O)(=O)N2CCc3cc(C(=O)N[C@H](C)c4ccc(F)cc4)ccc32)cc1. The van der Waals surface area contributed by atoms with Gasteiger partial charge in [-0.2, -0.15) is 0 Å². The third-order valence-electron chi connectivity index (χ3n) is 5.52. The average molecular weight is 439 g/mol. The molecule has 0 saturated carbocycles. The van der Waals surface area contributed by atoms with Crippen LogP contribution in [0.5, 0.6) is 0 Å². The lowest BCUT2D eigenvalue weighted by Crippen LogP contribution is -2.29. The Hall–Kier alpha value is -3.19. The number of benzene rings is 3. The molecule has 0 aliphatic carbocycles. The lowest BCUT2D eigenvalue weighted by molar-refractivity contribution is 0.0940. The van der Waals surface area contributed by atoms with E-state index in [1.807, 2.05) is 13.8 Å². The molecule has 0 aromatic heterocycles. The summed E-state index contributed by atoms with van der Waals surface area (Å²) in [6, 6.07) is 17.5. The summed E-state index contributed by atoms with van der Waals surface area (Å²) in [5.74, 6) is -0.592. The normalized spacial score (nSPS) is 14.2. The molecule has 1 aliphatic rings. The molecular weight excluding hydrogens is 415 g/mol. The number of halogens is 1.